The summed E-state index contributed by atoms with van der Waals surface area (Å²) in [5, 5.41) is 4.07. The van der Waals surface area contributed by atoms with E-state index < -0.39 is 0 Å². The number of carbonyl (C=O) groups is 1. The van der Waals surface area contributed by atoms with Crippen molar-refractivity contribution in [2.24, 2.45) is 0 Å². The van der Waals surface area contributed by atoms with Crippen molar-refractivity contribution in [3.05, 3.63) is 51.0 Å². The van der Waals surface area contributed by atoms with E-state index >= 15 is 0 Å². The van der Waals surface area contributed by atoms with Crippen LogP contribution < -0.4 is 5.32 Å². The minimum atomic E-state index is 0.113. The van der Waals surface area contributed by atoms with Gasteiger partial charge in [-0.05, 0) is 32.8 Å². The zero-order chi connectivity index (χ0) is 15.2. The monoisotopic (exact) mass is 302 g/mol. The molecule has 1 amide bonds. The molecular formula is C17H22N2OS. The second-order valence-electron chi connectivity index (χ2n) is 5.34. The number of nitrogens with one attached hydrogen (secondary N) is 1. The molecule has 0 saturated carbocycles. The highest BCUT2D eigenvalue weighted by Crippen LogP contribution is 2.16. The third-order valence-corrected chi connectivity index (χ3v) is 4.59. The van der Waals surface area contributed by atoms with Gasteiger partial charge in [0.2, 0.25) is 5.91 Å². The molecule has 2 rings (SSSR count). The van der Waals surface area contributed by atoms with Crippen LogP contribution in [0.15, 0.2) is 24.3 Å². The zero-order valence-corrected chi connectivity index (χ0v) is 13.7. The Bertz CT molecular complexity index is 600. The van der Waals surface area contributed by atoms with E-state index in [1.807, 2.05) is 13.0 Å². The van der Waals surface area contributed by atoms with Gasteiger partial charge in [0, 0.05) is 24.3 Å². The maximum atomic E-state index is 11.8. The van der Waals surface area contributed by atoms with Crippen LogP contribution in [0.1, 0.15) is 33.1 Å². The number of hydrogen-bond donors (Lipinski definition) is 1. The predicted molar refractivity (Wildman–Crippen MR) is 87.8 cm³/mol. The Hall–Kier alpha value is -1.68. The lowest BCUT2D eigenvalue weighted by Gasteiger charge is -2.05. The highest BCUT2D eigenvalue weighted by molar-refractivity contribution is 7.11. The Labute approximate surface area is 130 Å². The molecular weight excluding hydrogens is 280 g/mol. The van der Waals surface area contributed by atoms with E-state index in [1.54, 1.807) is 11.3 Å². The van der Waals surface area contributed by atoms with Gasteiger partial charge >= 0.3 is 0 Å². The van der Waals surface area contributed by atoms with Gasteiger partial charge in [0.15, 0.2) is 0 Å². The molecule has 112 valence electrons. The first kappa shape index (κ1) is 15.7. The maximum Gasteiger partial charge on any atom is 0.220 e. The number of aryl methyl sites for hydroxylation is 4. The van der Waals surface area contributed by atoms with Crippen molar-refractivity contribution >= 4 is 17.2 Å². The number of benzene rings is 1. The van der Waals surface area contributed by atoms with Gasteiger partial charge in [-0.1, -0.05) is 29.8 Å². The molecule has 1 aromatic carbocycles. The fraction of sp³-hybridized carbons (Fsp3) is 0.412. The molecule has 1 aromatic heterocycles. The Morgan fingerprint density at radius 3 is 2.71 bits per heavy atom. The van der Waals surface area contributed by atoms with Gasteiger partial charge < -0.3 is 5.32 Å². The highest BCUT2D eigenvalue weighted by Gasteiger charge is 2.05. The van der Waals surface area contributed by atoms with Crippen molar-refractivity contribution in [1.29, 1.82) is 0 Å². The maximum absolute atomic E-state index is 11.8. The smallest absolute Gasteiger partial charge is 0.220 e. The molecule has 21 heavy (non-hydrogen) atoms. The number of rotatable bonds is 6. The van der Waals surface area contributed by atoms with Crippen LogP contribution in [0.5, 0.6) is 0 Å². The van der Waals surface area contributed by atoms with Gasteiger partial charge in [0.1, 0.15) is 0 Å². The van der Waals surface area contributed by atoms with Crippen molar-refractivity contribution in [3.8, 4) is 0 Å². The first-order valence-corrected chi connectivity index (χ1v) is 8.11. The average Bonchev–Trinajstić information content (AvgIpc) is 2.75. The van der Waals surface area contributed by atoms with Gasteiger partial charge in [-0.25, -0.2) is 4.98 Å². The number of aromatic nitrogens is 1. The molecule has 3 nitrogen and oxygen atoms in total. The molecule has 0 aliphatic heterocycles. The van der Waals surface area contributed by atoms with Crippen LogP contribution in [-0.4, -0.2) is 17.4 Å². The fourth-order valence-electron chi connectivity index (χ4n) is 2.17. The molecule has 0 bridgehead atoms. The number of nitrogens with zero attached hydrogens (tertiary/aromatic N) is 1. The second kappa shape index (κ2) is 7.36. The van der Waals surface area contributed by atoms with E-state index in [0.29, 0.717) is 13.0 Å². The quantitative estimate of drug-likeness (QED) is 0.889. The SMILES string of the molecule is Cc1cccc(CCC(=O)NCCc2nc(C)c(C)s2)c1. The third-order valence-electron chi connectivity index (χ3n) is 3.46. The summed E-state index contributed by atoms with van der Waals surface area (Å²) in [6, 6.07) is 8.31. The Morgan fingerprint density at radius 2 is 2.05 bits per heavy atom. The summed E-state index contributed by atoms with van der Waals surface area (Å²) < 4.78 is 0. The standard InChI is InChI=1S/C17H22N2OS/c1-12-5-4-6-15(11-12)7-8-16(20)18-10-9-17-19-13(2)14(3)21-17/h4-6,11H,7-10H2,1-3H3,(H,18,20). The van der Waals surface area contributed by atoms with E-state index in [-0.39, 0.29) is 5.91 Å². The summed E-state index contributed by atoms with van der Waals surface area (Å²) in [4.78, 5) is 17.6. The van der Waals surface area contributed by atoms with Crippen LogP contribution in [0.3, 0.4) is 0 Å². The predicted octanol–water partition coefficient (Wildman–Crippen LogP) is 3.36. The molecule has 0 aliphatic carbocycles. The van der Waals surface area contributed by atoms with E-state index in [0.717, 1.165) is 23.5 Å². The minimum Gasteiger partial charge on any atom is -0.356 e. The minimum absolute atomic E-state index is 0.113. The molecule has 4 heteroatoms. The molecule has 1 heterocycles. The molecule has 2 aromatic rings. The van der Waals surface area contributed by atoms with E-state index in [2.05, 4.69) is 42.3 Å². The van der Waals surface area contributed by atoms with Gasteiger partial charge in [-0.15, -0.1) is 11.3 Å². The summed E-state index contributed by atoms with van der Waals surface area (Å²) in [6.07, 6.45) is 2.15. The highest BCUT2D eigenvalue weighted by atomic mass is 32.1. The van der Waals surface area contributed by atoms with E-state index in [1.165, 1.54) is 16.0 Å². The van der Waals surface area contributed by atoms with E-state index in [9.17, 15) is 4.79 Å². The van der Waals surface area contributed by atoms with Crippen LogP contribution in [-0.2, 0) is 17.6 Å². The van der Waals surface area contributed by atoms with Crippen molar-refractivity contribution in [1.82, 2.24) is 10.3 Å². The Balaban J connectivity index is 1.70. The normalized spacial score (nSPS) is 10.6. The molecule has 0 saturated heterocycles. The van der Waals surface area contributed by atoms with Gasteiger partial charge in [0.05, 0.1) is 10.7 Å². The number of amides is 1. The van der Waals surface area contributed by atoms with Crippen molar-refractivity contribution in [2.75, 3.05) is 6.54 Å². The summed E-state index contributed by atoms with van der Waals surface area (Å²) >= 11 is 1.72. The summed E-state index contributed by atoms with van der Waals surface area (Å²) in [5.74, 6) is 0.113. The van der Waals surface area contributed by atoms with Crippen LogP contribution >= 0.6 is 11.3 Å². The fourth-order valence-corrected chi connectivity index (χ4v) is 3.10. The third kappa shape index (κ3) is 4.97. The molecule has 0 aliphatic rings. The second-order valence-corrected chi connectivity index (χ2v) is 6.63. The van der Waals surface area contributed by atoms with Crippen molar-refractivity contribution < 1.29 is 4.79 Å². The van der Waals surface area contributed by atoms with Gasteiger partial charge in [-0.3, -0.25) is 4.79 Å². The number of thiazole rings is 1. The number of hydrogen-bond acceptors (Lipinski definition) is 3. The summed E-state index contributed by atoms with van der Waals surface area (Å²) in [7, 11) is 0. The molecule has 1 N–H and O–H groups in total. The largest absolute Gasteiger partial charge is 0.356 e. The molecule has 0 spiro atoms. The average molecular weight is 302 g/mol. The van der Waals surface area contributed by atoms with E-state index in [4.69, 9.17) is 0 Å². The van der Waals surface area contributed by atoms with Gasteiger partial charge in [-0.2, -0.15) is 0 Å². The van der Waals surface area contributed by atoms with Crippen LogP contribution in [0.4, 0.5) is 0 Å². The molecule has 0 unspecified atom stereocenters. The lowest BCUT2D eigenvalue weighted by molar-refractivity contribution is -0.121. The topological polar surface area (TPSA) is 42.0 Å². The number of carbonyl (C=O) groups excluding carboxylic acids is 1. The summed E-state index contributed by atoms with van der Waals surface area (Å²) in [6.45, 7) is 6.84. The van der Waals surface area contributed by atoms with Crippen molar-refractivity contribution in [2.45, 2.75) is 40.0 Å². The molecule has 0 radical (unpaired) electrons. The first-order chi connectivity index (χ1) is 10.0. The Morgan fingerprint density at radius 1 is 1.24 bits per heavy atom. The first-order valence-electron chi connectivity index (χ1n) is 7.30. The zero-order valence-electron chi connectivity index (χ0n) is 12.9. The van der Waals surface area contributed by atoms with Gasteiger partial charge in [0.25, 0.3) is 0 Å². The molecule has 0 atom stereocenters. The van der Waals surface area contributed by atoms with Crippen LogP contribution in [0, 0.1) is 20.8 Å². The van der Waals surface area contributed by atoms with Crippen LogP contribution in [0.2, 0.25) is 0 Å². The Kier molecular flexibility index (Phi) is 5.51. The molecule has 0 fully saturated rings. The lowest BCUT2D eigenvalue weighted by atomic mass is 10.1. The lowest BCUT2D eigenvalue weighted by Crippen LogP contribution is -2.25. The van der Waals surface area contributed by atoms with Crippen LogP contribution in [0.25, 0.3) is 0 Å². The van der Waals surface area contributed by atoms with Crippen molar-refractivity contribution in [3.63, 3.8) is 0 Å². The summed E-state index contributed by atoms with van der Waals surface area (Å²) in [5.41, 5.74) is 3.56.